The van der Waals surface area contributed by atoms with Crippen molar-refractivity contribution in [3.8, 4) is 0 Å². The summed E-state index contributed by atoms with van der Waals surface area (Å²) in [6.07, 6.45) is 0.892. The van der Waals surface area contributed by atoms with E-state index in [0.29, 0.717) is 12.8 Å². The number of alkyl halides is 2. The third-order valence-electron chi connectivity index (χ3n) is 3.26. The molecule has 0 bridgehead atoms. The summed E-state index contributed by atoms with van der Waals surface area (Å²) in [5.41, 5.74) is 1.02. The Morgan fingerprint density at radius 1 is 0.944 bits per heavy atom. The normalized spacial score (nSPS) is 11.9. The van der Waals surface area contributed by atoms with E-state index in [1.807, 2.05) is 42.5 Å². The molecule has 2 aromatic carbocycles. The summed E-state index contributed by atoms with van der Waals surface area (Å²) < 4.78 is 27.0. The molecule has 0 amide bonds. The fourth-order valence-electron chi connectivity index (χ4n) is 2.32. The van der Waals surface area contributed by atoms with Crippen LogP contribution in [0.2, 0.25) is 0 Å². The number of hydrogen-bond acceptors (Lipinski definition) is 0. The van der Waals surface area contributed by atoms with Gasteiger partial charge in [0.15, 0.2) is 0 Å². The molecular formula is C16H18F2. The van der Waals surface area contributed by atoms with Gasteiger partial charge in [-0.05, 0) is 22.8 Å². The van der Waals surface area contributed by atoms with Crippen LogP contribution in [0.15, 0.2) is 42.5 Å². The van der Waals surface area contributed by atoms with E-state index in [9.17, 15) is 8.78 Å². The van der Waals surface area contributed by atoms with Gasteiger partial charge in [-0.2, -0.15) is 0 Å². The van der Waals surface area contributed by atoms with Crippen LogP contribution in [0, 0.1) is 0 Å². The average Bonchev–Trinajstić information content (AvgIpc) is 2.36. The molecule has 0 fully saturated rings. The van der Waals surface area contributed by atoms with E-state index in [0.717, 1.165) is 16.3 Å². The molecule has 0 aromatic heterocycles. The number of benzene rings is 2. The molecule has 0 aliphatic carbocycles. The quantitative estimate of drug-likeness (QED) is 0.681. The van der Waals surface area contributed by atoms with Gasteiger partial charge >= 0.3 is 0 Å². The summed E-state index contributed by atoms with van der Waals surface area (Å²) in [5.74, 6) is -2.54. The van der Waals surface area contributed by atoms with E-state index in [1.165, 1.54) is 0 Å². The largest absolute Gasteiger partial charge is 0.248 e. The van der Waals surface area contributed by atoms with E-state index in [-0.39, 0.29) is 12.8 Å². The Kier molecular flexibility index (Phi) is 3.95. The van der Waals surface area contributed by atoms with E-state index in [1.54, 1.807) is 6.92 Å². The molecule has 18 heavy (non-hydrogen) atoms. The molecule has 0 radical (unpaired) electrons. The smallest absolute Gasteiger partial charge is 0.207 e. The van der Waals surface area contributed by atoms with Crippen LogP contribution in [0.4, 0.5) is 8.78 Å². The van der Waals surface area contributed by atoms with Crippen LogP contribution < -0.4 is 0 Å². The predicted octanol–water partition coefficient (Wildman–Crippen LogP) is 5.21. The lowest BCUT2D eigenvalue weighted by Gasteiger charge is -2.15. The topological polar surface area (TPSA) is 0 Å². The van der Waals surface area contributed by atoms with Gasteiger partial charge in [0.2, 0.25) is 5.92 Å². The minimum Gasteiger partial charge on any atom is -0.207 e. The Labute approximate surface area is 107 Å². The first kappa shape index (κ1) is 13.0. The van der Waals surface area contributed by atoms with E-state index in [2.05, 4.69) is 0 Å². The van der Waals surface area contributed by atoms with Crippen molar-refractivity contribution < 1.29 is 8.78 Å². The molecule has 0 atom stereocenters. The average molecular weight is 248 g/mol. The number of halogens is 2. The van der Waals surface area contributed by atoms with E-state index < -0.39 is 5.92 Å². The highest BCUT2D eigenvalue weighted by atomic mass is 19.3. The third-order valence-corrected chi connectivity index (χ3v) is 3.26. The van der Waals surface area contributed by atoms with Gasteiger partial charge in [0.25, 0.3) is 0 Å². The van der Waals surface area contributed by atoms with E-state index in [4.69, 9.17) is 0 Å². The van der Waals surface area contributed by atoms with Crippen LogP contribution in [0.1, 0.15) is 31.7 Å². The van der Waals surface area contributed by atoms with Crippen molar-refractivity contribution in [3.63, 3.8) is 0 Å². The molecule has 2 aromatic rings. The van der Waals surface area contributed by atoms with E-state index >= 15 is 0 Å². The molecule has 0 spiro atoms. The SMILES string of the molecule is CCCC(F)(F)CCc1cccc2ccccc12. The zero-order valence-corrected chi connectivity index (χ0v) is 10.6. The highest BCUT2D eigenvalue weighted by Gasteiger charge is 2.26. The van der Waals surface area contributed by atoms with Gasteiger partial charge in [0.05, 0.1) is 0 Å². The Morgan fingerprint density at radius 2 is 1.67 bits per heavy atom. The molecule has 0 N–H and O–H groups in total. The molecule has 2 heteroatoms. The number of hydrogen-bond donors (Lipinski definition) is 0. The molecule has 96 valence electrons. The van der Waals surface area contributed by atoms with Crippen LogP contribution in [-0.4, -0.2) is 5.92 Å². The highest BCUT2D eigenvalue weighted by Crippen LogP contribution is 2.28. The zero-order valence-electron chi connectivity index (χ0n) is 10.6. The van der Waals surface area contributed by atoms with Crippen molar-refractivity contribution >= 4 is 10.8 Å². The predicted molar refractivity (Wildman–Crippen MR) is 72.1 cm³/mol. The van der Waals surface area contributed by atoms with Crippen LogP contribution in [-0.2, 0) is 6.42 Å². The summed E-state index contributed by atoms with van der Waals surface area (Å²) in [5, 5.41) is 2.21. The maximum atomic E-state index is 13.5. The molecule has 0 saturated heterocycles. The van der Waals surface area contributed by atoms with Crippen LogP contribution in [0.3, 0.4) is 0 Å². The summed E-state index contributed by atoms with van der Waals surface area (Å²) in [6, 6.07) is 13.8. The second-order valence-corrected chi connectivity index (χ2v) is 4.74. The number of aryl methyl sites for hydroxylation is 1. The lowest BCUT2D eigenvalue weighted by atomic mass is 9.98. The Bertz CT molecular complexity index is 512. The van der Waals surface area contributed by atoms with Gasteiger partial charge in [0, 0.05) is 12.8 Å². The Hall–Kier alpha value is -1.44. The van der Waals surface area contributed by atoms with Crippen molar-refractivity contribution in [3.05, 3.63) is 48.0 Å². The van der Waals surface area contributed by atoms with Gasteiger partial charge in [-0.3, -0.25) is 0 Å². The summed E-state index contributed by atoms with van der Waals surface area (Å²) in [4.78, 5) is 0. The minimum atomic E-state index is -2.54. The highest BCUT2D eigenvalue weighted by molar-refractivity contribution is 5.85. The first-order chi connectivity index (χ1) is 8.62. The molecular weight excluding hydrogens is 230 g/mol. The van der Waals surface area contributed by atoms with Gasteiger partial charge in [-0.25, -0.2) is 8.78 Å². The van der Waals surface area contributed by atoms with Crippen molar-refractivity contribution in [2.75, 3.05) is 0 Å². The lowest BCUT2D eigenvalue weighted by Crippen LogP contribution is -2.16. The van der Waals surface area contributed by atoms with Crippen molar-refractivity contribution in [1.29, 1.82) is 0 Å². The summed E-state index contributed by atoms with van der Waals surface area (Å²) in [6.45, 7) is 1.80. The molecule has 2 rings (SSSR count). The fourth-order valence-corrected chi connectivity index (χ4v) is 2.32. The third kappa shape index (κ3) is 3.06. The molecule has 0 aliphatic heterocycles. The second-order valence-electron chi connectivity index (χ2n) is 4.74. The van der Waals surface area contributed by atoms with Crippen molar-refractivity contribution in [2.45, 2.75) is 38.5 Å². The van der Waals surface area contributed by atoms with Crippen LogP contribution >= 0.6 is 0 Å². The van der Waals surface area contributed by atoms with Gasteiger partial charge < -0.3 is 0 Å². The number of rotatable bonds is 5. The second kappa shape index (κ2) is 5.47. The fraction of sp³-hybridized carbons (Fsp3) is 0.375. The zero-order chi connectivity index (χ0) is 13.0. The summed E-state index contributed by atoms with van der Waals surface area (Å²) in [7, 11) is 0. The molecule has 0 unspecified atom stereocenters. The number of fused-ring (bicyclic) bond motifs is 1. The summed E-state index contributed by atoms with van der Waals surface area (Å²) >= 11 is 0. The maximum Gasteiger partial charge on any atom is 0.248 e. The van der Waals surface area contributed by atoms with Crippen molar-refractivity contribution in [2.24, 2.45) is 0 Å². The molecule has 0 saturated carbocycles. The standard InChI is InChI=1S/C16H18F2/c1-2-11-16(17,18)12-10-14-8-5-7-13-6-3-4-9-15(13)14/h3-9H,2,10-12H2,1H3. The van der Waals surface area contributed by atoms with Gasteiger partial charge in [-0.1, -0.05) is 55.8 Å². The van der Waals surface area contributed by atoms with Gasteiger partial charge in [-0.15, -0.1) is 0 Å². The van der Waals surface area contributed by atoms with Crippen molar-refractivity contribution in [1.82, 2.24) is 0 Å². The molecule has 0 aliphatic rings. The monoisotopic (exact) mass is 248 g/mol. The van der Waals surface area contributed by atoms with Gasteiger partial charge in [0.1, 0.15) is 0 Å². The minimum absolute atomic E-state index is 0.0161. The Morgan fingerprint density at radius 3 is 2.44 bits per heavy atom. The maximum absolute atomic E-state index is 13.5. The van der Waals surface area contributed by atoms with Crippen LogP contribution in [0.5, 0.6) is 0 Å². The Balaban J connectivity index is 2.17. The first-order valence-corrected chi connectivity index (χ1v) is 6.47. The van der Waals surface area contributed by atoms with Crippen LogP contribution in [0.25, 0.3) is 10.8 Å². The molecule has 0 heterocycles. The molecule has 0 nitrogen and oxygen atoms in total. The first-order valence-electron chi connectivity index (χ1n) is 6.47. The lowest BCUT2D eigenvalue weighted by molar-refractivity contribution is -0.0163.